The number of nitrogens with one attached hydrogen (secondary N) is 2. The van der Waals surface area contributed by atoms with Crippen molar-refractivity contribution in [3.8, 4) is 6.07 Å². The topological polar surface area (TPSA) is 111 Å². The molecule has 9 heteroatoms. The van der Waals surface area contributed by atoms with Gasteiger partial charge in [0.05, 0.1) is 29.2 Å². The molecule has 0 aliphatic heterocycles. The van der Waals surface area contributed by atoms with Gasteiger partial charge >= 0.3 is 0 Å². The minimum atomic E-state index is -1.11. The van der Waals surface area contributed by atoms with Gasteiger partial charge in [-0.2, -0.15) is 5.26 Å². The fourth-order valence-corrected chi connectivity index (χ4v) is 6.44. The van der Waals surface area contributed by atoms with Crippen molar-refractivity contribution in [1.82, 2.24) is 10.6 Å². The van der Waals surface area contributed by atoms with E-state index in [4.69, 9.17) is 21.6 Å². The highest BCUT2D eigenvalue weighted by atomic mass is 35.5. The molecule has 0 saturated heterocycles. The van der Waals surface area contributed by atoms with E-state index in [1.807, 2.05) is 0 Å². The zero-order valence-corrected chi connectivity index (χ0v) is 19.8. The summed E-state index contributed by atoms with van der Waals surface area (Å²) in [6.07, 6.45) is 5.17. The fourth-order valence-electron chi connectivity index (χ4n) is 6.21. The normalized spacial score (nSPS) is 42.8. The van der Waals surface area contributed by atoms with E-state index in [0.717, 1.165) is 12.8 Å². The first kappa shape index (κ1) is 24.7. The number of nitriles is 1. The van der Waals surface area contributed by atoms with Gasteiger partial charge in [0.1, 0.15) is 12.8 Å². The molecular weight excluding hydrogens is 449 g/mol. The van der Waals surface area contributed by atoms with E-state index < -0.39 is 28.7 Å². The lowest BCUT2D eigenvalue weighted by Gasteiger charge is -2.56. The standard InChI is InChI=1S/C24H35ClFN3O4/c25-18-6-5-17(11-19(18)26)33-14-21(31)28-23-7-9-24(10-8-23,20(30)12-23)29-22(32)16-3-1-15(13-27)2-4-16/h15-20,30H,1-12,14H2,(H,28,31)(H,29,32). The van der Waals surface area contributed by atoms with Gasteiger partial charge in [0, 0.05) is 23.8 Å². The predicted molar refractivity (Wildman–Crippen MR) is 120 cm³/mol. The summed E-state index contributed by atoms with van der Waals surface area (Å²) in [5.74, 6) is -0.322. The van der Waals surface area contributed by atoms with Crippen LogP contribution in [0.15, 0.2) is 0 Å². The Hall–Kier alpha value is -1.43. The van der Waals surface area contributed by atoms with Gasteiger partial charge in [-0.25, -0.2) is 4.39 Å². The van der Waals surface area contributed by atoms with Crippen LogP contribution in [-0.2, 0) is 14.3 Å². The van der Waals surface area contributed by atoms with E-state index in [9.17, 15) is 19.1 Å². The average Bonchev–Trinajstić information content (AvgIpc) is 2.81. The largest absolute Gasteiger partial charge is 0.391 e. The summed E-state index contributed by atoms with van der Waals surface area (Å²) in [5.41, 5.74) is -1.13. The Labute approximate surface area is 199 Å². The summed E-state index contributed by atoms with van der Waals surface area (Å²) in [6.45, 7) is -0.130. The molecule has 4 unspecified atom stereocenters. The first-order valence-corrected chi connectivity index (χ1v) is 12.8. The zero-order valence-electron chi connectivity index (χ0n) is 19.0. The molecule has 0 radical (unpaired) electrons. The first-order chi connectivity index (χ1) is 15.7. The third-order valence-electron chi connectivity index (χ3n) is 8.47. The Morgan fingerprint density at radius 1 is 1.09 bits per heavy atom. The second-order valence-electron chi connectivity index (χ2n) is 10.6. The molecule has 0 spiro atoms. The van der Waals surface area contributed by atoms with Crippen molar-refractivity contribution in [2.45, 2.75) is 112 Å². The Balaban J connectivity index is 1.25. The number of hydrogen-bond donors (Lipinski definition) is 3. The van der Waals surface area contributed by atoms with Crippen molar-refractivity contribution in [3.05, 3.63) is 0 Å². The van der Waals surface area contributed by atoms with Gasteiger partial charge in [-0.05, 0) is 70.6 Å². The minimum Gasteiger partial charge on any atom is -0.391 e. The van der Waals surface area contributed by atoms with Crippen LogP contribution in [-0.4, -0.2) is 58.4 Å². The fraction of sp³-hybridized carbons (Fsp3) is 0.875. The highest BCUT2D eigenvalue weighted by molar-refractivity contribution is 6.21. The highest BCUT2D eigenvalue weighted by Crippen LogP contribution is 2.47. The lowest BCUT2D eigenvalue weighted by molar-refractivity contribution is -0.141. The maximum atomic E-state index is 13.8. The molecule has 5 aliphatic carbocycles. The monoisotopic (exact) mass is 483 g/mol. The van der Waals surface area contributed by atoms with Crippen LogP contribution in [0.25, 0.3) is 0 Å². The number of amides is 2. The molecule has 4 atom stereocenters. The number of aliphatic hydroxyl groups excluding tert-OH is 1. The highest BCUT2D eigenvalue weighted by Gasteiger charge is 2.55. The average molecular weight is 484 g/mol. The number of fused-ring (bicyclic) bond motifs is 3. The molecule has 5 aliphatic rings. The zero-order chi connectivity index (χ0) is 23.6. The summed E-state index contributed by atoms with van der Waals surface area (Å²) in [4.78, 5) is 25.5. The maximum absolute atomic E-state index is 13.8. The van der Waals surface area contributed by atoms with E-state index in [1.54, 1.807) is 0 Å². The minimum absolute atomic E-state index is 0.0184. The molecule has 2 bridgehead atoms. The Bertz CT molecular complexity index is 774. The third kappa shape index (κ3) is 5.47. The molecule has 7 nitrogen and oxygen atoms in total. The quantitative estimate of drug-likeness (QED) is 0.503. The molecule has 2 amide bonds. The second-order valence-corrected chi connectivity index (χ2v) is 11.2. The Kier molecular flexibility index (Phi) is 7.52. The number of ether oxygens (including phenoxy) is 1. The van der Waals surface area contributed by atoms with Crippen LogP contribution in [0.3, 0.4) is 0 Å². The molecule has 184 valence electrons. The second kappa shape index (κ2) is 10.1. The lowest BCUT2D eigenvalue weighted by atomic mass is 9.59. The summed E-state index contributed by atoms with van der Waals surface area (Å²) >= 11 is 5.91. The van der Waals surface area contributed by atoms with Gasteiger partial charge in [0.2, 0.25) is 11.8 Å². The number of carbonyl (C=O) groups is 2. The van der Waals surface area contributed by atoms with E-state index >= 15 is 0 Å². The number of halogens is 2. The van der Waals surface area contributed by atoms with Crippen LogP contribution >= 0.6 is 11.6 Å². The number of nitrogens with zero attached hydrogens (tertiary/aromatic N) is 1. The van der Waals surface area contributed by atoms with Gasteiger partial charge in [0.25, 0.3) is 0 Å². The molecular formula is C24H35ClFN3O4. The number of aliphatic hydroxyl groups is 1. The van der Waals surface area contributed by atoms with Crippen LogP contribution < -0.4 is 10.6 Å². The molecule has 33 heavy (non-hydrogen) atoms. The van der Waals surface area contributed by atoms with Gasteiger partial charge in [0.15, 0.2) is 0 Å². The molecule has 5 rings (SSSR count). The van der Waals surface area contributed by atoms with Crippen molar-refractivity contribution in [2.24, 2.45) is 11.8 Å². The third-order valence-corrected chi connectivity index (χ3v) is 8.97. The van der Waals surface area contributed by atoms with Gasteiger partial charge in [-0.3, -0.25) is 9.59 Å². The molecule has 0 aromatic heterocycles. The number of alkyl halides is 2. The lowest BCUT2D eigenvalue weighted by Crippen LogP contribution is -2.70. The molecule has 0 aromatic rings. The molecule has 0 heterocycles. The number of carbonyl (C=O) groups excluding carboxylic acids is 2. The first-order valence-electron chi connectivity index (χ1n) is 12.3. The predicted octanol–water partition coefficient (Wildman–Crippen LogP) is 2.88. The maximum Gasteiger partial charge on any atom is 0.246 e. The molecule has 5 saturated carbocycles. The molecule has 5 fully saturated rings. The van der Waals surface area contributed by atoms with E-state index in [2.05, 4.69) is 16.7 Å². The van der Waals surface area contributed by atoms with E-state index in [-0.39, 0.29) is 42.8 Å². The van der Waals surface area contributed by atoms with Gasteiger partial charge in [-0.15, -0.1) is 11.6 Å². The Morgan fingerprint density at radius 3 is 2.39 bits per heavy atom. The number of rotatable bonds is 6. The van der Waals surface area contributed by atoms with Crippen molar-refractivity contribution < 1.29 is 23.8 Å². The van der Waals surface area contributed by atoms with Crippen LogP contribution in [0.1, 0.15) is 77.0 Å². The smallest absolute Gasteiger partial charge is 0.246 e. The SMILES string of the molecule is N#CC1CCC(C(=O)NC23CCC(NC(=O)COC4CCC(Cl)C(F)C4)(CC2)CC3O)CC1. The van der Waals surface area contributed by atoms with Crippen LogP contribution in [0, 0.1) is 23.2 Å². The van der Waals surface area contributed by atoms with Crippen molar-refractivity contribution >= 4 is 23.4 Å². The van der Waals surface area contributed by atoms with E-state index in [0.29, 0.717) is 57.8 Å². The van der Waals surface area contributed by atoms with Gasteiger partial charge in [-0.1, -0.05) is 0 Å². The molecule has 3 N–H and O–H groups in total. The van der Waals surface area contributed by atoms with Crippen molar-refractivity contribution in [1.29, 1.82) is 5.26 Å². The summed E-state index contributed by atoms with van der Waals surface area (Å²) < 4.78 is 19.4. The molecule has 0 aromatic carbocycles. The summed E-state index contributed by atoms with van der Waals surface area (Å²) in [7, 11) is 0. The van der Waals surface area contributed by atoms with Crippen LogP contribution in [0.5, 0.6) is 0 Å². The van der Waals surface area contributed by atoms with Crippen LogP contribution in [0.2, 0.25) is 0 Å². The van der Waals surface area contributed by atoms with Crippen LogP contribution in [0.4, 0.5) is 4.39 Å². The number of hydrogen-bond acceptors (Lipinski definition) is 5. The van der Waals surface area contributed by atoms with Crippen molar-refractivity contribution in [2.75, 3.05) is 6.61 Å². The van der Waals surface area contributed by atoms with Crippen molar-refractivity contribution in [3.63, 3.8) is 0 Å². The van der Waals surface area contributed by atoms with Gasteiger partial charge < -0.3 is 20.5 Å². The van der Waals surface area contributed by atoms with E-state index in [1.165, 1.54) is 0 Å². The Morgan fingerprint density at radius 2 is 1.79 bits per heavy atom. The summed E-state index contributed by atoms with van der Waals surface area (Å²) in [5, 5.41) is 25.8. The summed E-state index contributed by atoms with van der Waals surface area (Å²) in [6, 6.07) is 2.29.